The van der Waals surface area contributed by atoms with Crippen LogP contribution in [0.15, 0.2) is 23.8 Å². The van der Waals surface area contributed by atoms with Crippen LogP contribution >= 0.6 is 11.3 Å². The first-order valence-corrected chi connectivity index (χ1v) is 7.54. The van der Waals surface area contributed by atoms with Crippen LogP contribution in [0.2, 0.25) is 0 Å². The molecule has 0 bridgehead atoms. The molecule has 6 heteroatoms. The molecule has 106 valence electrons. The van der Waals surface area contributed by atoms with E-state index in [1.807, 2.05) is 30.9 Å². The predicted molar refractivity (Wildman–Crippen MR) is 76.9 cm³/mol. The van der Waals surface area contributed by atoms with Crippen molar-refractivity contribution in [3.05, 3.63) is 39.8 Å². The van der Waals surface area contributed by atoms with Crippen LogP contribution in [0.4, 0.5) is 0 Å². The van der Waals surface area contributed by atoms with Gasteiger partial charge in [-0.05, 0) is 35.4 Å². The number of thiophene rings is 1. The van der Waals surface area contributed by atoms with E-state index >= 15 is 0 Å². The molecule has 0 amide bonds. The zero-order valence-electron chi connectivity index (χ0n) is 11.3. The second kappa shape index (κ2) is 5.38. The quantitative estimate of drug-likeness (QED) is 0.931. The van der Waals surface area contributed by atoms with Crippen LogP contribution in [0, 0.1) is 0 Å². The van der Waals surface area contributed by atoms with Gasteiger partial charge in [0.05, 0.1) is 6.20 Å². The molecule has 0 spiro atoms. The summed E-state index contributed by atoms with van der Waals surface area (Å²) in [6.07, 6.45) is 5.60. The minimum absolute atomic E-state index is 0.498. The van der Waals surface area contributed by atoms with Crippen molar-refractivity contribution in [3.63, 3.8) is 0 Å². The summed E-state index contributed by atoms with van der Waals surface area (Å²) in [5.41, 5.74) is 2.12. The number of aromatic nitrogens is 2. The number of carboxylic acids is 1. The lowest BCUT2D eigenvalue weighted by Crippen LogP contribution is -2.40. The van der Waals surface area contributed by atoms with Crippen molar-refractivity contribution in [1.82, 2.24) is 14.7 Å². The van der Waals surface area contributed by atoms with Gasteiger partial charge in [0.1, 0.15) is 6.04 Å². The van der Waals surface area contributed by atoms with Crippen molar-refractivity contribution >= 4 is 17.3 Å². The van der Waals surface area contributed by atoms with Gasteiger partial charge >= 0.3 is 5.97 Å². The van der Waals surface area contributed by atoms with E-state index in [1.165, 1.54) is 4.88 Å². The molecule has 3 rings (SSSR count). The van der Waals surface area contributed by atoms with Gasteiger partial charge < -0.3 is 5.11 Å². The average molecular weight is 291 g/mol. The van der Waals surface area contributed by atoms with Gasteiger partial charge in [0.15, 0.2) is 0 Å². The Bertz CT molecular complexity index is 619. The van der Waals surface area contributed by atoms with Crippen molar-refractivity contribution in [2.45, 2.75) is 18.9 Å². The van der Waals surface area contributed by atoms with Gasteiger partial charge in [0, 0.05) is 31.2 Å². The number of hydrogen-bond acceptors (Lipinski definition) is 4. The first kappa shape index (κ1) is 13.3. The summed E-state index contributed by atoms with van der Waals surface area (Å²) in [5, 5.41) is 15.7. The van der Waals surface area contributed by atoms with Gasteiger partial charge in [0.2, 0.25) is 0 Å². The highest BCUT2D eigenvalue weighted by molar-refractivity contribution is 7.10. The molecule has 20 heavy (non-hydrogen) atoms. The maximum Gasteiger partial charge on any atom is 0.325 e. The molecule has 1 atom stereocenters. The maximum atomic E-state index is 11.6. The molecule has 1 aliphatic heterocycles. The summed E-state index contributed by atoms with van der Waals surface area (Å²) in [7, 11) is 1.89. The molecule has 5 nitrogen and oxygen atoms in total. The SMILES string of the molecule is Cn1cc(CCN2CCc3sccc3C2C(=O)O)cn1. The third-order valence-corrected chi connectivity index (χ3v) is 4.74. The highest BCUT2D eigenvalue weighted by atomic mass is 32.1. The maximum absolute atomic E-state index is 11.6. The standard InChI is InChI=1S/C14H17N3O2S/c1-16-9-10(8-15-16)2-5-17-6-3-12-11(4-7-20-12)13(17)14(18)19/h4,7-9,13H,2-3,5-6H2,1H3,(H,18,19). The molecular weight excluding hydrogens is 274 g/mol. The lowest BCUT2D eigenvalue weighted by molar-refractivity contribution is -0.144. The summed E-state index contributed by atoms with van der Waals surface area (Å²) >= 11 is 1.66. The van der Waals surface area contributed by atoms with Crippen molar-refractivity contribution in [2.24, 2.45) is 7.05 Å². The van der Waals surface area contributed by atoms with Crippen molar-refractivity contribution in [3.8, 4) is 0 Å². The Morgan fingerprint density at radius 3 is 3.15 bits per heavy atom. The monoisotopic (exact) mass is 291 g/mol. The topological polar surface area (TPSA) is 58.4 Å². The number of rotatable bonds is 4. The molecule has 0 aromatic carbocycles. The summed E-state index contributed by atoms with van der Waals surface area (Å²) in [6.45, 7) is 1.56. The van der Waals surface area contributed by atoms with Crippen molar-refractivity contribution in [2.75, 3.05) is 13.1 Å². The van der Waals surface area contributed by atoms with E-state index in [9.17, 15) is 9.90 Å². The number of aliphatic carboxylic acids is 1. The van der Waals surface area contributed by atoms with Crippen LogP contribution in [0.5, 0.6) is 0 Å². The first-order chi connectivity index (χ1) is 9.65. The Hall–Kier alpha value is -1.66. The predicted octanol–water partition coefficient (Wildman–Crippen LogP) is 1.71. The summed E-state index contributed by atoms with van der Waals surface area (Å²) in [4.78, 5) is 14.9. The fourth-order valence-corrected chi connectivity index (χ4v) is 3.68. The van der Waals surface area contributed by atoms with Crippen LogP contribution in [-0.2, 0) is 24.7 Å². The second-order valence-electron chi connectivity index (χ2n) is 5.10. The number of hydrogen-bond donors (Lipinski definition) is 1. The van der Waals surface area contributed by atoms with E-state index in [-0.39, 0.29) is 0 Å². The Labute approximate surface area is 121 Å². The number of aryl methyl sites for hydroxylation is 1. The summed E-state index contributed by atoms with van der Waals surface area (Å²) < 4.78 is 1.77. The number of nitrogens with zero attached hydrogens (tertiary/aromatic N) is 3. The van der Waals surface area contributed by atoms with E-state index in [1.54, 1.807) is 16.0 Å². The zero-order chi connectivity index (χ0) is 14.1. The van der Waals surface area contributed by atoms with Gasteiger partial charge in [-0.3, -0.25) is 14.4 Å². The first-order valence-electron chi connectivity index (χ1n) is 6.66. The van der Waals surface area contributed by atoms with E-state index in [0.717, 1.165) is 37.1 Å². The minimum Gasteiger partial charge on any atom is -0.480 e. The Morgan fingerprint density at radius 1 is 1.60 bits per heavy atom. The van der Waals surface area contributed by atoms with Crippen LogP contribution in [0.3, 0.4) is 0 Å². The Kier molecular flexibility index (Phi) is 3.58. The van der Waals surface area contributed by atoms with Crippen LogP contribution in [0.1, 0.15) is 22.0 Å². The largest absolute Gasteiger partial charge is 0.480 e. The molecule has 1 aliphatic rings. The minimum atomic E-state index is -0.754. The van der Waals surface area contributed by atoms with Crippen LogP contribution in [-0.4, -0.2) is 38.8 Å². The second-order valence-corrected chi connectivity index (χ2v) is 6.10. The van der Waals surface area contributed by atoms with E-state index in [0.29, 0.717) is 0 Å². The summed E-state index contributed by atoms with van der Waals surface area (Å²) in [5.74, 6) is -0.754. The Balaban J connectivity index is 1.74. The molecular formula is C14H17N3O2S. The third-order valence-electron chi connectivity index (χ3n) is 3.75. The smallest absolute Gasteiger partial charge is 0.325 e. The molecule has 3 heterocycles. The fraction of sp³-hybridized carbons (Fsp3) is 0.429. The average Bonchev–Trinajstić information content (AvgIpc) is 3.03. The highest BCUT2D eigenvalue weighted by Crippen LogP contribution is 2.33. The van der Waals surface area contributed by atoms with Gasteiger partial charge in [-0.2, -0.15) is 5.10 Å². The van der Waals surface area contributed by atoms with Crippen molar-refractivity contribution in [1.29, 1.82) is 0 Å². The number of fused-ring (bicyclic) bond motifs is 1. The molecule has 0 fully saturated rings. The zero-order valence-corrected chi connectivity index (χ0v) is 12.1. The summed E-state index contributed by atoms with van der Waals surface area (Å²) in [6, 6.07) is 1.45. The van der Waals surface area contributed by atoms with Crippen LogP contribution < -0.4 is 0 Å². The van der Waals surface area contributed by atoms with E-state index in [2.05, 4.69) is 10.00 Å². The molecule has 1 N–H and O–H groups in total. The molecule has 0 radical (unpaired) electrons. The number of carboxylic acid groups (broad SMARTS) is 1. The lowest BCUT2D eigenvalue weighted by atomic mass is 9.99. The highest BCUT2D eigenvalue weighted by Gasteiger charge is 2.33. The van der Waals surface area contributed by atoms with E-state index in [4.69, 9.17) is 0 Å². The molecule has 2 aromatic heterocycles. The van der Waals surface area contributed by atoms with Crippen molar-refractivity contribution < 1.29 is 9.90 Å². The lowest BCUT2D eigenvalue weighted by Gasteiger charge is -2.32. The Morgan fingerprint density at radius 2 is 2.45 bits per heavy atom. The molecule has 1 unspecified atom stereocenters. The van der Waals surface area contributed by atoms with Crippen LogP contribution in [0.25, 0.3) is 0 Å². The molecule has 0 saturated carbocycles. The van der Waals surface area contributed by atoms with Gasteiger partial charge in [-0.25, -0.2) is 0 Å². The van der Waals surface area contributed by atoms with Gasteiger partial charge in [-0.1, -0.05) is 0 Å². The molecule has 0 saturated heterocycles. The third kappa shape index (κ3) is 2.48. The molecule has 2 aromatic rings. The molecule has 0 aliphatic carbocycles. The van der Waals surface area contributed by atoms with Gasteiger partial charge in [0.25, 0.3) is 0 Å². The van der Waals surface area contributed by atoms with Gasteiger partial charge in [-0.15, -0.1) is 11.3 Å². The number of carbonyl (C=O) groups is 1. The normalized spacial score (nSPS) is 18.9. The van der Waals surface area contributed by atoms with E-state index < -0.39 is 12.0 Å². The fourth-order valence-electron chi connectivity index (χ4n) is 2.77.